The summed E-state index contributed by atoms with van der Waals surface area (Å²) < 4.78 is 7.46. The fourth-order valence-electron chi connectivity index (χ4n) is 2.94. The number of hydrogen-bond donors (Lipinski definition) is 4. The second-order valence-corrected chi connectivity index (χ2v) is 7.04. The first-order chi connectivity index (χ1) is 12.6. The Morgan fingerprint density at radius 3 is 2.73 bits per heavy atom. The molecular weight excluding hydrogens is 356 g/mol. The zero-order valence-corrected chi connectivity index (χ0v) is 14.5. The summed E-state index contributed by atoms with van der Waals surface area (Å²) in [6.45, 7) is 0. The molecule has 1 fully saturated rings. The van der Waals surface area contributed by atoms with Crippen molar-refractivity contribution in [3.8, 4) is 0 Å². The van der Waals surface area contributed by atoms with E-state index >= 15 is 0 Å². The van der Waals surface area contributed by atoms with Crippen molar-refractivity contribution in [2.24, 2.45) is 0 Å². The third kappa shape index (κ3) is 2.86. The quantitative estimate of drug-likeness (QED) is 0.376. The van der Waals surface area contributed by atoms with Crippen molar-refractivity contribution in [3.63, 3.8) is 0 Å². The molecule has 136 valence electrons. The molecule has 4 rings (SSSR count). The Labute approximate surface area is 153 Å². The van der Waals surface area contributed by atoms with Gasteiger partial charge in [-0.15, -0.1) is 11.8 Å². The Morgan fingerprint density at radius 1 is 1.12 bits per heavy atom. The molecule has 1 saturated heterocycles. The summed E-state index contributed by atoms with van der Waals surface area (Å²) in [5, 5.41) is 20.8. The molecule has 10 heteroatoms. The van der Waals surface area contributed by atoms with E-state index in [1.807, 2.05) is 24.3 Å². The van der Waals surface area contributed by atoms with Crippen LogP contribution in [0.5, 0.6) is 0 Å². The van der Waals surface area contributed by atoms with Gasteiger partial charge in [0.1, 0.15) is 24.1 Å². The Kier molecular flexibility index (Phi) is 4.41. The number of nitrogens with zero attached hydrogens (tertiary/aromatic N) is 4. The van der Waals surface area contributed by atoms with Crippen molar-refractivity contribution in [1.82, 2.24) is 19.5 Å². The van der Waals surface area contributed by atoms with Gasteiger partial charge in [0, 0.05) is 16.3 Å². The van der Waals surface area contributed by atoms with Crippen LogP contribution in [0.2, 0.25) is 0 Å². The molecule has 3 aromatic rings. The molecule has 1 aliphatic rings. The van der Waals surface area contributed by atoms with Crippen LogP contribution in [0.1, 0.15) is 6.23 Å². The lowest BCUT2D eigenvalue weighted by atomic mass is 10.1. The largest absolute Gasteiger partial charge is 0.398 e. The predicted molar refractivity (Wildman–Crippen MR) is 97.2 cm³/mol. The van der Waals surface area contributed by atoms with Crippen LogP contribution in [0.4, 0.5) is 11.5 Å². The molecule has 0 radical (unpaired) electrons. The molecule has 3 heterocycles. The number of hydrogen-bond acceptors (Lipinski definition) is 9. The van der Waals surface area contributed by atoms with E-state index in [2.05, 4.69) is 15.0 Å². The van der Waals surface area contributed by atoms with E-state index in [4.69, 9.17) is 16.2 Å². The van der Waals surface area contributed by atoms with Gasteiger partial charge in [-0.2, -0.15) is 0 Å². The second kappa shape index (κ2) is 6.72. The van der Waals surface area contributed by atoms with Gasteiger partial charge < -0.3 is 26.4 Å². The molecule has 0 saturated carbocycles. The van der Waals surface area contributed by atoms with Crippen LogP contribution in [0, 0.1) is 0 Å². The van der Waals surface area contributed by atoms with Crippen molar-refractivity contribution < 1.29 is 14.9 Å². The molecule has 0 spiro atoms. The first-order valence-corrected chi connectivity index (χ1v) is 8.96. The number of aliphatic hydroxyl groups excluding tert-OH is 2. The number of fused-ring (bicyclic) bond motifs is 1. The lowest BCUT2D eigenvalue weighted by molar-refractivity contribution is -0.0289. The Morgan fingerprint density at radius 2 is 1.92 bits per heavy atom. The number of aliphatic hydroxyl groups is 2. The predicted octanol–water partition coefficient (Wildman–Crippen LogP) is 0.402. The fraction of sp³-hybridized carbons (Fsp3) is 0.312. The molecule has 1 aliphatic heterocycles. The lowest BCUT2D eigenvalue weighted by Gasteiger charge is -2.16. The molecule has 6 N–H and O–H groups in total. The minimum absolute atomic E-state index is 0.244. The van der Waals surface area contributed by atoms with E-state index in [1.54, 1.807) is 4.57 Å². The fourth-order valence-corrected chi connectivity index (χ4v) is 3.97. The summed E-state index contributed by atoms with van der Waals surface area (Å²) in [6, 6.07) is 7.47. The van der Waals surface area contributed by atoms with Gasteiger partial charge in [-0.25, -0.2) is 15.0 Å². The lowest BCUT2D eigenvalue weighted by Crippen LogP contribution is -2.32. The van der Waals surface area contributed by atoms with Gasteiger partial charge in [-0.05, 0) is 12.1 Å². The Bertz CT molecular complexity index is 935. The number of rotatable bonds is 4. The van der Waals surface area contributed by atoms with Crippen LogP contribution in [0.3, 0.4) is 0 Å². The highest BCUT2D eigenvalue weighted by atomic mass is 32.2. The maximum Gasteiger partial charge on any atom is 0.167 e. The van der Waals surface area contributed by atoms with E-state index in [0.29, 0.717) is 22.6 Å². The molecule has 1 aromatic carbocycles. The van der Waals surface area contributed by atoms with Gasteiger partial charge in [0.15, 0.2) is 17.7 Å². The first kappa shape index (κ1) is 17.0. The van der Waals surface area contributed by atoms with Crippen molar-refractivity contribution in [2.45, 2.75) is 29.4 Å². The van der Waals surface area contributed by atoms with Gasteiger partial charge in [-0.3, -0.25) is 4.57 Å². The summed E-state index contributed by atoms with van der Waals surface area (Å²) in [5.74, 6) is 0.681. The summed E-state index contributed by atoms with van der Waals surface area (Å²) in [6.07, 6.45) is -0.768. The number of thioether (sulfide) groups is 1. The number of anilines is 2. The van der Waals surface area contributed by atoms with Gasteiger partial charge >= 0.3 is 0 Å². The number of aromatic nitrogens is 4. The highest BCUT2D eigenvalue weighted by molar-refractivity contribution is 7.99. The number of ether oxygens (including phenoxy) is 1. The highest BCUT2D eigenvalue weighted by Crippen LogP contribution is 2.35. The summed E-state index contributed by atoms with van der Waals surface area (Å²) in [5.41, 5.74) is 13.2. The summed E-state index contributed by atoms with van der Waals surface area (Å²) in [7, 11) is 0. The molecule has 0 unspecified atom stereocenters. The first-order valence-electron chi connectivity index (χ1n) is 7.98. The van der Waals surface area contributed by atoms with Crippen LogP contribution in [-0.2, 0) is 4.74 Å². The van der Waals surface area contributed by atoms with Crippen LogP contribution < -0.4 is 11.5 Å². The monoisotopic (exact) mass is 374 g/mol. The zero-order chi connectivity index (χ0) is 18.3. The van der Waals surface area contributed by atoms with E-state index in [1.165, 1.54) is 24.4 Å². The van der Waals surface area contributed by atoms with E-state index in [9.17, 15) is 10.2 Å². The van der Waals surface area contributed by atoms with E-state index in [-0.39, 0.29) is 5.82 Å². The topological polar surface area (TPSA) is 145 Å². The van der Waals surface area contributed by atoms with Crippen LogP contribution >= 0.6 is 11.8 Å². The van der Waals surface area contributed by atoms with Crippen LogP contribution in [-0.4, -0.2) is 53.8 Å². The van der Waals surface area contributed by atoms with Crippen molar-refractivity contribution in [1.29, 1.82) is 0 Å². The van der Waals surface area contributed by atoms with Crippen molar-refractivity contribution >= 4 is 34.4 Å². The summed E-state index contributed by atoms with van der Waals surface area (Å²) in [4.78, 5) is 13.1. The highest BCUT2D eigenvalue weighted by Gasteiger charge is 2.44. The average Bonchev–Trinajstić information content (AvgIpc) is 3.18. The summed E-state index contributed by atoms with van der Waals surface area (Å²) >= 11 is 1.46. The SMILES string of the molecule is Nc1ccccc1SC[C@H]1O[C@@H](n2cnc3c(N)ncnc32)[C@H](O)[C@@H]1O. The molecule has 0 amide bonds. The number of para-hydroxylation sites is 1. The Hall–Kier alpha value is -2.40. The zero-order valence-electron chi connectivity index (χ0n) is 13.6. The standard InChI is InChI=1S/C16H18N6O3S/c17-8-3-1-2-4-10(8)26-5-9-12(23)13(24)16(25-9)22-7-21-11-14(18)19-6-20-15(11)22/h1-4,6-7,9,12-13,16,23-24H,5,17H2,(H2,18,19,20)/t9-,12-,13-,16-/m1/s1. The molecular formula is C16H18N6O3S. The Balaban J connectivity index is 1.54. The van der Waals surface area contributed by atoms with Crippen LogP contribution in [0.15, 0.2) is 41.8 Å². The van der Waals surface area contributed by atoms with E-state index < -0.39 is 24.5 Å². The van der Waals surface area contributed by atoms with Gasteiger partial charge in [0.2, 0.25) is 0 Å². The number of nitrogen functional groups attached to an aromatic ring is 2. The van der Waals surface area contributed by atoms with Gasteiger partial charge in [0.25, 0.3) is 0 Å². The molecule has 9 nitrogen and oxygen atoms in total. The minimum atomic E-state index is -1.12. The minimum Gasteiger partial charge on any atom is -0.398 e. The third-order valence-corrected chi connectivity index (χ3v) is 5.50. The maximum absolute atomic E-state index is 10.4. The van der Waals surface area contributed by atoms with Crippen molar-refractivity contribution in [3.05, 3.63) is 36.9 Å². The second-order valence-electron chi connectivity index (χ2n) is 5.98. The third-order valence-electron chi connectivity index (χ3n) is 4.32. The molecule has 0 aliphatic carbocycles. The normalized spacial score (nSPS) is 25.8. The van der Waals surface area contributed by atoms with E-state index in [0.717, 1.165) is 4.90 Å². The molecule has 4 atom stereocenters. The smallest absolute Gasteiger partial charge is 0.167 e. The number of benzene rings is 1. The number of imidazole rings is 1. The van der Waals surface area contributed by atoms with Crippen molar-refractivity contribution in [2.75, 3.05) is 17.2 Å². The van der Waals surface area contributed by atoms with Gasteiger partial charge in [-0.1, -0.05) is 12.1 Å². The maximum atomic E-state index is 10.4. The molecule has 0 bridgehead atoms. The number of nitrogens with two attached hydrogens (primary N) is 2. The molecule has 2 aromatic heterocycles. The van der Waals surface area contributed by atoms with Gasteiger partial charge in [0.05, 0.1) is 12.4 Å². The molecule has 26 heavy (non-hydrogen) atoms. The average molecular weight is 374 g/mol. The van der Waals surface area contributed by atoms with Crippen LogP contribution in [0.25, 0.3) is 11.2 Å².